The number of rotatable bonds is 6. The van der Waals surface area contributed by atoms with Crippen LogP contribution in [0, 0.1) is 12.3 Å². The fraction of sp³-hybridized carbons (Fsp3) is 0.750. The zero-order valence-corrected chi connectivity index (χ0v) is 17.2. The molecule has 26 heavy (non-hydrogen) atoms. The lowest BCUT2D eigenvalue weighted by molar-refractivity contribution is -0.140. The molecule has 1 aromatic heterocycles. The average Bonchev–Trinajstić information content (AvgIpc) is 2.60. The van der Waals surface area contributed by atoms with Gasteiger partial charge in [0.25, 0.3) is 0 Å². The molecule has 1 amide bonds. The van der Waals surface area contributed by atoms with Crippen molar-refractivity contribution in [2.75, 3.05) is 31.9 Å². The molecule has 2 fully saturated rings. The summed E-state index contributed by atoms with van der Waals surface area (Å²) in [7, 11) is 0. The van der Waals surface area contributed by atoms with E-state index >= 15 is 0 Å². The van der Waals surface area contributed by atoms with Gasteiger partial charge in [-0.25, -0.2) is 0 Å². The third-order valence-corrected chi connectivity index (χ3v) is 6.62. The Morgan fingerprint density at radius 3 is 2.81 bits per heavy atom. The molecular weight excluding hydrogens is 344 g/mol. The number of amides is 1. The highest BCUT2D eigenvalue weighted by atomic mass is 32.2. The van der Waals surface area contributed by atoms with Crippen molar-refractivity contribution >= 4 is 17.7 Å². The topological polar surface area (TPSA) is 49.3 Å². The van der Waals surface area contributed by atoms with Crippen molar-refractivity contribution in [1.82, 2.24) is 19.8 Å². The first-order chi connectivity index (χ1) is 12.5. The van der Waals surface area contributed by atoms with Gasteiger partial charge >= 0.3 is 0 Å². The van der Waals surface area contributed by atoms with Gasteiger partial charge in [-0.05, 0) is 38.0 Å². The van der Waals surface area contributed by atoms with Crippen molar-refractivity contribution in [2.45, 2.75) is 58.2 Å². The molecule has 2 aliphatic heterocycles. The molecule has 1 aromatic rings. The van der Waals surface area contributed by atoms with Crippen LogP contribution in [0.25, 0.3) is 0 Å². The summed E-state index contributed by atoms with van der Waals surface area (Å²) >= 11 is 2.04. The average molecular weight is 377 g/mol. The van der Waals surface area contributed by atoms with E-state index in [1.54, 1.807) is 12.4 Å². The Kier molecular flexibility index (Phi) is 6.56. The van der Waals surface area contributed by atoms with Crippen LogP contribution in [0.4, 0.5) is 0 Å². The van der Waals surface area contributed by atoms with Crippen molar-refractivity contribution in [3.8, 4) is 0 Å². The van der Waals surface area contributed by atoms with E-state index in [0.717, 1.165) is 30.9 Å². The van der Waals surface area contributed by atoms with E-state index in [1.165, 1.54) is 31.7 Å². The van der Waals surface area contributed by atoms with Crippen LogP contribution in [0.15, 0.2) is 12.4 Å². The zero-order valence-electron chi connectivity index (χ0n) is 16.4. The Labute approximate surface area is 162 Å². The molecule has 2 aliphatic rings. The molecule has 0 saturated carbocycles. The van der Waals surface area contributed by atoms with Gasteiger partial charge in [-0.2, -0.15) is 11.8 Å². The van der Waals surface area contributed by atoms with E-state index in [9.17, 15) is 4.79 Å². The van der Waals surface area contributed by atoms with Crippen molar-refractivity contribution in [1.29, 1.82) is 0 Å². The minimum atomic E-state index is 0.269. The Morgan fingerprint density at radius 2 is 2.08 bits per heavy atom. The number of aryl methyl sites for hydroxylation is 1. The predicted molar refractivity (Wildman–Crippen MR) is 107 cm³/mol. The molecule has 5 nitrogen and oxygen atoms in total. The lowest BCUT2D eigenvalue weighted by Crippen LogP contribution is -2.54. The first-order valence-corrected chi connectivity index (χ1v) is 10.9. The molecule has 144 valence electrons. The van der Waals surface area contributed by atoms with Crippen LogP contribution in [0.1, 0.15) is 50.9 Å². The fourth-order valence-corrected chi connectivity index (χ4v) is 5.03. The van der Waals surface area contributed by atoms with Crippen molar-refractivity contribution in [3.05, 3.63) is 23.8 Å². The summed E-state index contributed by atoms with van der Waals surface area (Å²) in [4.78, 5) is 25.9. The molecule has 0 aliphatic carbocycles. The van der Waals surface area contributed by atoms with Crippen LogP contribution in [0.3, 0.4) is 0 Å². The van der Waals surface area contributed by atoms with Gasteiger partial charge in [0, 0.05) is 43.4 Å². The molecule has 3 rings (SSSR count). The number of piperidine rings is 2. The van der Waals surface area contributed by atoms with Crippen molar-refractivity contribution < 1.29 is 4.79 Å². The second kappa shape index (κ2) is 8.70. The Morgan fingerprint density at radius 1 is 1.23 bits per heavy atom. The highest BCUT2D eigenvalue weighted by molar-refractivity contribution is 7.99. The van der Waals surface area contributed by atoms with Crippen LogP contribution in [0.2, 0.25) is 0 Å². The van der Waals surface area contributed by atoms with Crippen LogP contribution in [-0.2, 0) is 11.3 Å². The zero-order chi connectivity index (χ0) is 18.6. The number of likely N-dealkylation sites (tertiary alicyclic amines) is 2. The molecule has 1 atom stereocenters. The highest BCUT2D eigenvalue weighted by Gasteiger charge is 2.41. The second-order valence-corrected chi connectivity index (χ2v) is 9.88. The van der Waals surface area contributed by atoms with Gasteiger partial charge in [-0.1, -0.05) is 13.8 Å². The SMILES string of the molecule is Cc1cnc(CN2C[C@@]3(CCCN(CCSC(C)C)C3)CCC2=O)cn1. The molecule has 0 aromatic carbocycles. The lowest BCUT2D eigenvalue weighted by atomic mass is 9.73. The summed E-state index contributed by atoms with van der Waals surface area (Å²) in [5.41, 5.74) is 2.08. The van der Waals surface area contributed by atoms with Crippen LogP contribution in [-0.4, -0.2) is 62.9 Å². The number of carbonyl (C=O) groups is 1. The van der Waals surface area contributed by atoms with Crippen LogP contribution in [0.5, 0.6) is 0 Å². The van der Waals surface area contributed by atoms with Gasteiger partial charge < -0.3 is 9.80 Å². The molecular formula is C20H32N4OS. The molecule has 3 heterocycles. The molecule has 0 bridgehead atoms. The van der Waals surface area contributed by atoms with E-state index < -0.39 is 0 Å². The lowest BCUT2D eigenvalue weighted by Gasteiger charge is -2.48. The van der Waals surface area contributed by atoms with Crippen LogP contribution >= 0.6 is 11.8 Å². The first kappa shape index (κ1) is 19.6. The van der Waals surface area contributed by atoms with Gasteiger partial charge in [0.15, 0.2) is 0 Å². The van der Waals surface area contributed by atoms with Gasteiger partial charge in [0.1, 0.15) is 0 Å². The minimum Gasteiger partial charge on any atom is -0.336 e. The Hall–Kier alpha value is -1.14. The predicted octanol–water partition coefficient (Wildman–Crippen LogP) is 3.13. The number of thioether (sulfide) groups is 1. The Bertz CT molecular complexity index is 606. The molecule has 1 spiro atoms. The van der Waals surface area contributed by atoms with E-state index in [4.69, 9.17) is 0 Å². The minimum absolute atomic E-state index is 0.269. The molecule has 0 N–H and O–H groups in total. The Balaban J connectivity index is 1.60. The summed E-state index contributed by atoms with van der Waals surface area (Å²) in [5, 5.41) is 0.701. The fourth-order valence-electron chi connectivity index (χ4n) is 4.19. The van der Waals surface area contributed by atoms with Gasteiger partial charge in [0.05, 0.1) is 24.1 Å². The third kappa shape index (κ3) is 5.19. The summed E-state index contributed by atoms with van der Waals surface area (Å²) in [6.07, 6.45) is 7.79. The second-order valence-electron chi connectivity index (χ2n) is 8.20. The number of carbonyl (C=O) groups excluding carboxylic acids is 1. The van der Waals surface area contributed by atoms with E-state index in [-0.39, 0.29) is 11.3 Å². The van der Waals surface area contributed by atoms with Gasteiger partial charge in [-0.3, -0.25) is 14.8 Å². The monoisotopic (exact) mass is 376 g/mol. The van der Waals surface area contributed by atoms with Crippen molar-refractivity contribution in [2.24, 2.45) is 5.41 Å². The number of hydrogen-bond acceptors (Lipinski definition) is 5. The van der Waals surface area contributed by atoms with E-state index in [1.807, 2.05) is 23.6 Å². The summed E-state index contributed by atoms with van der Waals surface area (Å²) in [6.45, 7) is 11.4. The maximum absolute atomic E-state index is 12.5. The van der Waals surface area contributed by atoms with Crippen molar-refractivity contribution in [3.63, 3.8) is 0 Å². The maximum Gasteiger partial charge on any atom is 0.222 e. The summed E-state index contributed by atoms with van der Waals surface area (Å²) < 4.78 is 0. The largest absolute Gasteiger partial charge is 0.336 e. The molecule has 0 unspecified atom stereocenters. The highest BCUT2D eigenvalue weighted by Crippen LogP contribution is 2.39. The van der Waals surface area contributed by atoms with E-state index in [0.29, 0.717) is 18.2 Å². The van der Waals surface area contributed by atoms with Crippen LogP contribution < -0.4 is 0 Å². The molecule has 2 saturated heterocycles. The van der Waals surface area contributed by atoms with E-state index in [2.05, 4.69) is 28.7 Å². The maximum atomic E-state index is 12.5. The number of nitrogens with zero attached hydrogens (tertiary/aromatic N) is 4. The molecule has 0 radical (unpaired) electrons. The standard InChI is InChI=1S/C20H32N4OS/c1-16(2)26-10-9-23-8-4-6-20(14-23)7-5-19(25)24(15-20)13-18-12-21-17(3)11-22-18/h11-12,16H,4-10,13-15H2,1-3H3/t20-/m0/s1. The van der Waals surface area contributed by atoms with Gasteiger partial charge in [-0.15, -0.1) is 0 Å². The normalized spacial score (nSPS) is 24.6. The first-order valence-electron chi connectivity index (χ1n) is 9.85. The molecule has 6 heteroatoms. The number of hydrogen-bond donors (Lipinski definition) is 0. The van der Waals surface area contributed by atoms with Gasteiger partial charge in [0.2, 0.25) is 5.91 Å². The summed E-state index contributed by atoms with van der Waals surface area (Å²) in [6, 6.07) is 0. The smallest absolute Gasteiger partial charge is 0.222 e. The quantitative estimate of drug-likeness (QED) is 0.763. The number of aromatic nitrogens is 2. The third-order valence-electron chi connectivity index (χ3n) is 5.53. The summed E-state index contributed by atoms with van der Waals surface area (Å²) in [5.74, 6) is 1.47.